The van der Waals surface area contributed by atoms with Crippen LogP contribution in [0, 0.1) is 5.82 Å². The molecule has 1 aliphatic heterocycles. The van der Waals surface area contributed by atoms with Gasteiger partial charge in [-0.15, -0.1) is 10.2 Å². The normalized spacial score (nSPS) is 17.6. The summed E-state index contributed by atoms with van der Waals surface area (Å²) in [7, 11) is -4.09. The summed E-state index contributed by atoms with van der Waals surface area (Å²) in [5.41, 5.74) is 0.715. The van der Waals surface area contributed by atoms with Gasteiger partial charge in [-0.3, -0.25) is 9.20 Å². The molecule has 1 N–H and O–H groups in total. The topological polar surface area (TPSA) is 96.7 Å². The van der Waals surface area contributed by atoms with E-state index in [1.54, 1.807) is 0 Å². The highest BCUT2D eigenvalue weighted by Crippen LogP contribution is 2.27. The van der Waals surface area contributed by atoms with Gasteiger partial charge in [0.2, 0.25) is 15.9 Å². The summed E-state index contributed by atoms with van der Waals surface area (Å²) in [6.07, 6.45) is 3.23. The molecule has 1 fully saturated rings. The Balaban J connectivity index is 1.43. The van der Waals surface area contributed by atoms with Crippen molar-refractivity contribution in [1.29, 1.82) is 0 Å². The maximum absolute atomic E-state index is 14.0. The molecule has 3 heterocycles. The molecule has 10 heteroatoms. The van der Waals surface area contributed by atoms with Crippen LogP contribution in [-0.4, -0.2) is 52.4 Å². The number of halogens is 1. The zero-order chi connectivity index (χ0) is 20.4. The minimum absolute atomic E-state index is 0.184. The third-order valence-corrected chi connectivity index (χ3v) is 6.90. The Hall–Kier alpha value is -2.85. The third kappa shape index (κ3) is 3.73. The Kier molecular flexibility index (Phi) is 5.29. The van der Waals surface area contributed by atoms with Gasteiger partial charge >= 0.3 is 0 Å². The van der Waals surface area contributed by atoms with Crippen LogP contribution in [0.1, 0.15) is 18.7 Å². The maximum Gasteiger partial charge on any atom is 0.246 e. The zero-order valence-corrected chi connectivity index (χ0v) is 16.3. The van der Waals surface area contributed by atoms with Gasteiger partial charge in [0.25, 0.3) is 0 Å². The van der Waals surface area contributed by atoms with Gasteiger partial charge in [-0.2, -0.15) is 4.31 Å². The summed E-state index contributed by atoms with van der Waals surface area (Å²) >= 11 is 0. The minimum atomic E-state index is -4.09. The fourth-order valence-electron chi connectivity index (χ4n) is 3.55. The van der Waals surface area contributed by atoms with Crippen LogP contribution >= 0.6 is 0 Å². The van der Waals surface area contributed by atoms with Crippen molar-refractivity contribution < 1.29 is 17.6 Å². The van der Waals surface area contributed by atoms with Crippen LogP contribution in [0.15, 0.2) is 53.6 Å². The number of hydrogen-bond acceptors (Lipinski definition) is 5. The lowest BCUT2D eigenvalue weighted by Gasteiger charge is -2.23. The van der Waals surface area contributed by atoms with Gasteiger partial charge in [0.15, 0.2) is 5.65 Å². The predicted octanol–water partition coefficient (Wildman–Crippen LogP) is 1.38. The minimum Gasteiger partial charge on any atom is -0.354 e. The van der Waals surface area contributed by atoms with E-state index in [1.807, 2.05) is 28.8 Å². The second-order valence-electron chi connectivity index (χ2n) is 6.79. The van der Waals surface area contributed by atoms with Crippen LogP contribution < -0.4 is 5.32 Å². The number of rotatable bonds is 6. The van der Waals surface area contributed by atoms with E-state index in [0.29, 0.717) is 37.3 Å². The molecular weight excluding hydrogens is 397 g/mol. The van der Waals surface area contributed by atoms with E-state index in [9.17, 15) is 17.6 Å². The molecule has 0 spiro atoms. The Morgan fingerprint density at radius 2 is 1.97 bits per heavy atom. The van der Waals surface area contributed by atoms with Crippen LogP contribution in [0.2, 0.25) is 0 Å². The average molecular weight is 417 g/mol. The summed E-state index contributed by atoms with van der Waals surface area (Å²) < 4.78 is 42.7. The number of amides is 1. The fourth-order valence-corrected chi connectivity index (χ4v) is 5.27. The van der Waals surface area contributed by atoms with Crippen molar-refractivity contribution in [2.75, 3.05) is 13.1 Å². The van der Waals surface area contributed by atoms with Gasteiger partial charge in [0, 0.05) is 25.7 Å². The summed E-state index contributed by atoms with van der Waals surface area (Å²) in [5.74, 6) is -0.517. The monoisotopic (exact) mass is 417 g/mol. The highest BCUT2D eigenvalue weighted by molar-refractivity contribution is 7.89. The molecule has 1 saturated heterocycles. The van der Waals surface area contributed by atoms with Crippen molar-refractivity contribution in [3.63, 3.8) is 0 Å². The molecule has 8 nitrogen and oxygen atoms in total. The van der Waals surface area contributed by atoms with Crippen LogP contribution in [0.25, 0.3) is 5.65 Å². The molecule has 0 saturated carbocycles. The smallest absolute Gasteiger partial charge is 0.246 e. The second-order valence-corrected chi connectivity index (χ2v) is 8.65. The zero-order valence-electron chi connectivity index (χ0n) is 15.5. The highest BCUT2D eigenvalue weighted by atomic mass is 32.2. The Morgan fingerprint density at radius 1 is 1.17 bits per heavy atom. The summed E-state index contributed by atoms with van der Waals surface area (Å²) in [6, 6.07) is 9.91. The average Bonchev–Trinajstić information content (AvgIpc) is 3.36. The van der Waals surface area contributed by atoms with Gasteiger partial charge in [-0.05, 0) is 37.1 Å². The lowest BCUT2D eigenvalue weighted by Crippen LogP contribution is -2.46. The molecule has 1 atom stereocenters. The number of pyridine rings is 1. The van der Waals surface area contributed by atoms with Crippen LogP contribution in [0.5, 0.6) is 0 Å². The number of fused-ring (bicyclic) bond motifs is 1. The van der Waals surface area contributed by atoms with Gasteiger partial charge in [0.1, 0.15) is 22.6 Å². The quantitative estimate of drug-likeness (QED) is 0.654. The Labute approximate surface area is 167 Å². The molecule has 0 aliphatic carbocycles. The lowest BCUT2D eigenvalue weighted by molar-refractivity contribution is -0.124. The Bertz CT molecular complexity index is 1150. The number of nitrogens with zero attached hydrogens (tertiary/aromatic N) is 4. The first kappa shape index (κ1) is 19.5. The van der Waals surface area contributed by atoms with Crippen molar-refractivity contribution in [2.45, 2.75) is 30.2 Å². The molecule has 0 radical (unpaired) electrons. The first-order chi connectivity index (χ1) is 14.0. The van der Waals surface area contributed by atoms with E-state index >= 15 is 0 Å². The molecule has 1 aromatic carbocycles. The number of sulfonamides is 1. The van der Waals surface area contributed by atoms with E-state index in [2.05, 4.69) is 15.5 Å². The number of benzene rings is 1. The molecule has 1 aliphatic rings. The molecule has 29 heavy (non-hydrogen) atoms. The molecule has 0 bridgehead atoms. The van der Waals surface area contributed by atoms with E-state index in [0.717, 1.165) is 10.4 Å². The van der Waals surface area contributed by atoms with Crippen molar-refractivity contribution in [3.05, 3.63) is 60.3 Å². The van der Waals surface area contributed by atoms with Crippen molar-refractivity contribution >= 4 is 21.6 Å². The van der Waals surface area contributed by atoms with Gasteiger partial charge < -0.3 is 5.32 Å². The fraction of sp³-hybridized carbons (Fsp3) is 0.316. The first-order valence-corrected chi connectivity index (χ1v) is 10.8. The lowest BCUT2D eigenvalue weighted by atomic mass is 10.2. The van der Waals surface area contributed by atoms with Gasteiger partial charge in [-0.1, -0.05) is 18.2 Å². The van der Waals surface area contributed by atoms with Crippen LogP contribution in [0.3, 0.4) is 0 Å². The number of carbonyl (C=O) groups is 1. The predicted molar refractivity (Wildman–Crippen MR) is 103 cm³/mol. The second kappa shape index (κ2) is 7.88. The SMILES string of the molecule is O=C(NCCc1nnc2ccccn12)[C@@H]1CCCN1S(=O)(=O)c1ccccc1F. The molecule has 1 amide bonds. The molecule has 2 aromatic heterocycles. The molecule has 0 unspecified atom stereocenters. The van der Waals surface area contributed by atoms with Gasteiger partial charge in [0.05, 0.1) is 0 Å². The summed E-state index contributed by atoms with van der Waals surface area (Å²) in [5, 5.41) is 10.9. The Morgan fingerprint density at radius 3 is 2.79 bits per heavy atom. The summed E-state index contributed by atoms with van der Waals surface area (Å²) in [6.45, 7) is 0.474. The van der Waals surface area contributed by atoms with Crippen LogP contribution in [0.4, 0.5) is 4.39 Å². The number of hydrogen-bond donors (Lipinski definition) is 1. The van der Waals surface area contributed by atoms with Crippen molar-refractivity contribution in [2.24, 2.45) is 0 Å². The van der Waals surface area contributed by atoms with E-state index in [-0.39, 0.29) is 6.54 Å². The van der Waals surface area contributed by atoms with E-state index in [4.69, 9.17) is 0 Å². The number of carbonyl (C=O) groups excluding carboxylic acids is 1. The standard InChI is InChI=1S/C19H20FN5O3S/c20-14-6-1-2-8-16(14)29(27,28)25-13-5-7-15(25)19(26)21-11-10-18-23-22-17-9-3-4-12-24(17)18/h1-4,6,8-9,12,15H,5,7,10-11,13H2,(H,21,26)/t15-/m0/s1. The van der Waals surface area contributed by atoms with Crippen molar-refractivity contribution in [3.8, 4) is 0 Å². The molecule has 3 aromatic rings. The maximum atomic E-state index is 14.0. The largest absolute Gasteiger partial charge is 0.354 e. The van der Waals surface area contributed by atoms with Gasteiger partial charge in [-0.25, -0.2) is 12.8 Å². The molecule has 4 rings (SSSR count). The third-order valence-electron chi connectivity index (χ3n) is 4.96. The molecular formula is C19H20FN5O3S. The molecule has 152 valence electrons. The first-order valence-electron chi connectivity index (χ1n) is 9.31. The highest BCUT2D eigenvalue weighted by Gasteiger charge is 2.40. The van der Waals surface area contributed by atoms with E-state index in [1.165, 1.54) is 18.2 Å². The van der Waals surface area contributed by atoms with Crippen molar-refractivity contribution in [1.82, 2.24) is 24.2 Å². The number of aromatic nitrogens is 3. The van der Waals surface area contributed by atoms with E-state index < -0.39 is 32.7 Å². The number of nitrogens with one attached hydrogen (secondary N) is 1. The van der Waals surface area contributed by atoms with Crippen LogP contribution in [-0.2, 0) is 21.2 Å². The summed E-state index contributed by atoms with van der Waals surface area (Å²) in [4.78, 5) is 12.2.